The largest absolute Gasteiger partial charge is 0.452 e. The molecule has 0 spiro atoms. The summed E-state index contributed by atoms with van der Waals surface area (Å²) in [7, 11) is 0. The SMILES string of the molecule is C[C@@H](OC(=O)C1CCC(C(C)(C)C)CC1)C(=O)Nc1ccc(F)cc1Cl. The topological polar surface area (TPSA) is 55.4 Å². The highest BCUT2D eigenvalue weighted by Gasteiger charge is 2.34. The van der Waals surface area contributed by atoms with E-state index in [2.05, 4.69) is 26.1 Å². The minimum absolute atomic E-state index is 0.0948. The summed E-state index contributed by atoms with van der Waals surface area (Å²) in [6.45, 7) is 8.20. The molecule has 0 heterocycles. The molecule has 1 atom stereocenters. The van der Waals surface area contributed by atoms with Crippen molar-refractivity contribution in [2.75, 3.05) is 5.32 Å². The number of carbonyl (C=O) groups excluding carboxylic acids is 2. The van der Waals surface area contributed by atoms with Crippen molar-refractivity contribution in [1.29, 1.82) is 0 Å². The van der Waals surface area contributed by atoms with Crippen molar-refractivity contribution in [1.82, 2.24) is 0 Å². The maximum Gasteiger partial charge on any atom is 0.309 e. The van der Waals surface area contributed by atoms with Gasteiger partial charge in [0.2, 0.25) is 0 Å². The van der Waals surface area contributed by atoms with Crippen molar-refractivity contribution >= 4 is 29.2 Å². The van der Waals surface area contributed by atoms with Gasteiger partial charge in [0, 0.05) is 0 Å². The van der Waals surface area contributed by atoms with Crippen molar-refractivity contribution in [3.05, 3.63) is 29.0 Å². The van der Waals surface area contributed by atoms with Gasteiger partial charge >= 0.3 is 5.97 Å². The minimum atomic E-state index is -0.941. The summed E-state index contributed by atoms with van der Waals surface area (Å²) in [6, 6.07) is 3.69. The molecular weight excluding hydrogens is 357 g/mol. The molecule has 2 rings (SSSR count). The number of rotatable bonds is 4. The monoisotopic (exact) mass is 383 g/mol. The third kappa shape index (κ3) is 5.44. The third-order valence-corrected chi connectivity index (χ3v) is 5.45. The second-order valence-corrected chi connectivity index (χ2v) is 8.51. The Labute approximate surface area is 159 Å². The lowest BCUT2D eigenvalue weighted by Crippen LogP contribution is -2.34. The van der Waals surface area contributed by atoms with E-state index in [0.717, 1.165) is 31.7 Å². The van der Waals surface area contributed by atoms with Crippen LogP contribution in [0.4, 0.5) is 10.1 Å². The van der Waals surface area contributed by atoms with Gasteiger partial charge < -0.3 is 10.1 Å². The van der Waals surface area contributed by atoms with Gasteiger partial charge in [0.25, 0.3) is 5.91 Å². The molecule has 0 bridgehead atoms. The van der Waals surface area contributed by atoms with E-state index >= 15 is 0 Å². The number of halogens is 2. The summed E-state index contributed by atoms with van der Waals surface area (Å²) in [5.74, 6) is -0.857. The number of hydrogen-bond donors (Lipinski definition) is 1. The van der Waals surface area contributed by atoms with E-state index in [1.165, 1.54) is 19.1 Å². The Morgan fingerprint density at radius 3 is 2.38 bits per heavy atom. The van der Waals surface area contributed by atoms with Crippen LogP contribution in [0.25, 0.3) is 0 Å². The number of ether oxygens (including phenoxy) is 1. The van der Waals surface area contributed by atoms with Crippen molar-refractivity contribution in [2.45, 2.75) is 59.5 Å². The smallest absolute Gasteiger partial charge is 0.309 e. The second-order valence-electron chi connectivity index (χ2n) is 8.11. The number of nitrogens with one attached hydrogen (secondary N) is 1. The van der Waals surface area contributed by atoms with Gasteiger partial charge in [0.05, 0.1) is 16.6 Å². The maximum atomic E-state index is 13.1. The third-order valence-electron chi connectivity index (χ3n) is 5.14. The van der Waals surface area contributed by atoms with E-state index in [0.29, 0.717) is 5.92 Å². The number of amides is 1. The zero-order valence-electron chi connectivity index (χ0n) is 15.8. The van der Waals surface area contributed by atoms with Gasteiger partial charge in [0.1, 0.15) is 5.82 Å². The average Bonchev–Trinajstić information content (AvgIpc) is 2.56. The molecule has 144 valence electrons. The van der Waals surface area contributed by atoms with Gasteiger partial charge in [-0.2, -0.15) is 0 Å². The van der Waals surface area contributed by atoms with Crippen LogP contribution >= 0.6 is 11.6 Å². The first kappa shape index (κ1) is 20.7. The van der Waals surface area contributed by atoms with E-state index in [1.807, 2.05) is 0 Å². The molecule has 0 aliphatic heterocycles. The molecule has 1 aromatic rings. The summed E-state index contributed by atoms with van der Waals surface area (Å²) < 4.78 is 18.4. The van der Waals surface area contributed by atoms with Gasteiger partial charge in [0.15, 0.2) is 6.10 Å². The minimum Gasteiger partial charge on any atom is -0.452 e. The zero-order chi connectivity index (χ0) is 19.5. The maximum absolute atomic E-state index is 13.1. The van der Waals surface area contributed by atoms with Crippen LogP contribution in [-0.2, 0) is 14.3 Å². The van der Waals surface area contributed by atoms with E-state index in [4.69, 9.17) is 16.3 Å². The van der Waals surface area contributed by atoms with Gasteiger partial charge in [-0.15, -0.1) is 0 Å². The highest BCUT2D eigenvalue weighted by molar-refractivity contribution is 6.33. The molecule has 1 aliphatic carbocycles. The number of anilines is 1. The molecule has 1 amide bonds. The van der Waals surface area contributed by atoms with Crippen molar-refractivity contribution in [3.8, 4) is 0 Å². The first-order valence-corrected chi connectivity index (χ1v) is 9.42. The highest BCUT2D eigenvalue weighted by atomic mass is 35.5. The van der Waals surface area contributed by atoms with E-state index in [1.54, 1.807) is 0 Å². The number of carbonyl (C=O) groups is 2. The lowest BCUT2D eigenvalue weighted by Gasteiger charge is -2.36. The zero-order valence-corrected chi connectivity index (χ0v) is 16.5. The number of esters is 1. The van der Waals surface area contributed by atoms with E-state index in [-0.39, 0.29) is 28.0 Å². The fourth-order valence-corrected chi connectivity index (χ4v) is 3.56. The Balaban J connectivity index is 1.86. The van der Waals surface area contributed by atoms with Crippen LogP contribution in [-0.4, -0.2) is 18.0 Å². The Bertz CT molecular complexity index is 664. The molecule has 0 aromatic heterocycles. The Morgan fingerprint density at radius 2 is 1.85 bits per heavy atom. The molecule has 1 aromatic carbocycles. The molecule has 1 N–H and O–H groups in total. The molecule has 4 nitrogen and oxygen atoms in total. The molecule has 26 heavy (non-hydrogen) atoms. The first-order chi connectivity index (χ1) is 12.1. The van der Waals surface area contributed by atoms with Crippen molar-refractivity contribution in [3.63, 3.8) is 0 Å². The Hall–Kier alpha value is -1.62. The van der Waals surface area contributed by atoms with Crippen LogP contribution in [0.1, 0.15) is 53.4 Å². The van der Waals surface area contributed by atoms with Crippen LogP contribution in [0.5, 0.6) is 0 Å². The molecule has 0 saturated heterocycles. The summed E-state index contributed by atoms with van der Waals surface area (Å²) in [5.41, 5.74) is 0.530. The predicted molar refractivity (Wildman–Crippen MR) is 100 cm³/mol. The molecule has 1 aliphatic rings. The normalized spacial score (nSPS) is 21.8. The molecule has 1 fully saturated rings. The number of benzene rings is 1. The lowest BCUT2D eigenvalue weighted by atomic mass is 9.70. The first-order valence-electron chi connectivity index (χ1n) is 9.04. The average molecular weight is 384 g/mol. The lowest BCUT2D eigenvalue weighted by molar-refractivity contribution is -0.158. The molecule has 6 heteroatoms. The van der Waals surface area contributed by atoms with Gasteiger partial charge in [-0.25, -0.2) is 4.39 Å². The summed E-state index contributed by atoms with van der Waals surface area (Å²) >= 11 is 5.89. The van der Waals surface area contributed by atoms with Crippen LogP contribution in [0.15, 0.2) is 18.2 Å². The standard InChI is InChI=1S/C20H27ClFNO3/c1-12(18(24)23-17-10-9-15(22)11-16(17)21)26-19(25)13-5-7-14(8-6-13)20(2,3)4/h9-14H,5-8H2,1-4H3,(H,23,24)/t12-,13?,14?/m1/s1. The van der Waals surface area contributed by atoms with Gasteiger partial charge in [-0.3, -0.25) is 9.59 Å². The summed E-state index contributed by atoms with van der Waals surface area (Å²) in [4.78, 5) is 24.6. The fraction of sp³-hybridized carbons (Fsp3) is 0.600. The van der Waals surface area contributed by atoms with Crippen molar-refractivity contribution < 1.29 is 18.7 Å². The Kier molecular flexibility index (Phi) is 6.67. The Morgan fingerprint density at radius 1 is 1.23 bits per heavy atom. The van der Waals surface area contributed by atoms with Crippen LogP contribution in [0, 0.1) is 23.1 Å². The van der Waals surface area contributed by atoms with Crippen LogP contribution in [0.3, 0.4) is 0 Å². The van der Waals surface area contributed by atoms with E-state index in [9.17, 15) is 14.0 Å². The summed E-state index contributed by atoms with van der Waals surface area (Å²) in [5, 5.41) is 2.65. The highest BCUT2D eigenvalue weighted by Crippen LogP contribution is 2.40. The fourth-order valence-electron chi connectivity index (χ4n) is 3.34. The van der Waals surface area contributed by atoms with E-state index < -0.39 is 17.8 Å². The quantitative estimate of drug-likeness (QED) is 0.727. The molecular formula is C20H27ClFNO3. The van der Waals surface area contributed by atoms with Gasteiger partial charge in [-0.05, 0) is 62.1 Å². The molecule has 0 radical (unpaired) electrons. The summed E-state index contributed by atoms with van der Waals surface area (Å²) in [6.07, 6.45) is 2.63. The van der Waals surface area contributed by atoms with Crippen LogP contribution < -0.4 is 5.32 Å². The second kappa shape index (κ2) is 8.38. The number of hydrogen-bond acceptors (Lipinski definition) is 3. The van der Waals surface area contributed by atoms with Crippen LogP contribution in [0.2, 0.25) is 5.02 Å². The van der Waals surface area contributed by atoms with Crippen molar-refractivity contribution in [2.24, 2.45) is 17.3 Å². The predicted octanol–water partition coefficient (Wildman–Crippen LogP) is 5.20. The van der Waals surface area contributed by atoms with Gasteiger partial charge in [-0.1, -0.05) is 32.4 Å². The molecule has 1 saturated carbocycles. The molecule has 0 unspecified atom stereocenters.